The SMILES string of the molecule is CC[n+]1c(/C=C2\C=C(C)c3ccccc3O2)sc2c3ccccc3ccc21. The van der Waals surface area contributed by atoms with Gasteiger partial charge in [0, 0.05) is 17.0 Å². The Labute approximate surface area is 162 Å². The molecule has 3 aromatic carbocycles. The molecule has 0 fully saturated rings. The highest BCUT2D eigenvalue weighted by molar-refractivity contribution is 7.19. The van der Waals surface area contributed by atoms with Crippen LogP contribution in [0.15, 0.2) is 72.5 Å². The predicted octanol–water partition coefficient (Wildman–Crippen LogP) is 6.20. The van der Waals surface area contributed by atoms with Crippen LogP contribution in [0, 0.1) is 0 Å². The molecule has 3 heteroatoms. The fourth-order valence-electron chi connectivity index (χ4n) is 3.79. The average molecular weight is 370 g/mol. The highest BCUT2D eigenvalue weighted by atomic mass is 32.1. The van der Waals surface area contributed by atoms with Gasteiger partial charge >= 0.3 is 0 Å². The lowest BCUT2D eigenvalue weighted by atomic mass is 10.0. The van der Waals surface area contributed by atoms with Crippen LogP contribution in [0.3, 0.4) is 0 Å². The minimum absolute atomic E-state index is 0.893. The van der Waals surface area contributed by atoms with Crippen LogP contribution in [-0.2, 0) is 6.54 Å². The summed E-state index contributed by atoms with van der Waals surface area (Å²) in [5.74, 6) is 1.82. The highest BCUT2D eigenvalue weighted by Gasteiger charge is 2.21. The van der Waals surface area contributed by atoms with Crippen molar-refractivity contribution >= 4 is 44.0 Å². The van der Waals surface area contributed by atoms with Crippen LogP contribution in [0.4, 0.5) is 0 Å². The molecule has 0 saturated carbocycles. The Morgan fingerprint density at radius 1 is 1.00 bits per heavy atom. The van der Waals surface area contributed by atoms with E-state index in [2.05, 4.69) is 79.1 Å². The zero-order valence-corrected chi connectivity index (χ0v) is 16.2. The topological polar surface area (TPSA) is 13.1 Å². The summed E-state index contributed by atoms with van der Waals surface area (Å²) in [6, 6.07) is 21.3. The van der Waals surface area contributed by atoms with E-state index in [-0.39, 0.29) is 0 Å². The summed E-state index contributed by atoms with van der Waals surface area (Å²) in [6.45, 7) is 5.26. The van der Waals surface area contributed by atoms with Crippen LogP contribution in [0.25, 0.3) is 32.6 Å². The van der Waals surface area contributed by atoms with Crippen LogP contribution in [0.2, 0.25) is 0 Å². The first-order chi connectivity index (χ1) is 13.2. The van der Waals surface area contributed by atoms with Crippen molar-refractivity contribution in [1.82, 2.24) is 0 Å². The molecule has 0 unspecified atom stereocenters. The van der Waals surface area contributed by atoms with Crippen molar-refractivity contribution in [2.24, 2.45) is 0 Å². The fourth-order valence-corrected chi connectivity index (χ4v) is 5.09. The molecular weight excluding hydrogens is 350 g/mol. The lowest BCUT2D eigenvalue weighted by Crippen LogP contribution is -2.33. The van der Waals surface area contributed by atoms with E-state index in [4.69, 9.17) is 4.74 Å². The second kappa shape index (κ2) is 6.36. The molecule has 0 aliphatic carbocycles. The molecule has 1 aromatic heterocycles. The molecule has 2 heterocycles. The first kappa shape index (κ1) is 16.3. The quantitative estimate of drug-likeness (QED) is 0.383. The maximum Gasteiger partial charge on any atom is 0.266 e. The van der Waals surface area contributed by atoms with Gasteiger partial charge in [-0.3, -0.25) is 0 Å². The number of benzene rings is 3. The average Bonchev–Trinajstić information content (AvgIpc) is 3.05. The van der Waals surface area contributed by atoms with Crippen molar-refractivity contribution in [1.29, 1.82) is 0 Å². The van der Waals surface area contributed by atoms with E-state index in [1.54, 1.807) is 0 Å². The Kier molecular flexibility index (Phi) is 3.83. The smallest absolute Gasteiger partial charge is 0.266 e. The van der Waals surface area contributed by atoms with E-state index in [1.807, 2.05) is 23.5 Å². The van der Waals surface area contributed by atoms with Gasteiger partial charge in [-0.25, -0.2) is 0 Å². The van der Waals surface area contributed by atoms with Gasteiger partial charge in [0.2, 0.25) is 5.52 Å². The third kappa shape index (κ3) is 2.66. The largest absolute Gasteiger partial charge is 0.456 e. The Morgan fingerprint density at radius 2 is 1.81 bits per heavy atom. The number of hydrogen-bond donors (Lipinski definition) is 0. The number of aromatic nitrogens is 1. The van der Waals surface area contributed by atoms with E-state index >= 15 is 0 Å². The number of rotatable bonds is 2. The molecule has 0 radical (unpaired) electrons. The highest BCUT2D eigenvalue weighted by Crippen LogP contribution is 2.35. The Balaban J connectivity index is 1.69. The molecule has 0 spiro atoms. The van der Waals surface area contributed by atoms with E-state index in [1.165, 1.54) is 37.1 Å². The van der Waals surface area contributed by atoms with Crippen molar-refractivity contribution in [3.05, 3.63) is 83.1 Å². The molecule has 4 aromatic rings. The Morgan fingerprint density at radius 3 is 2.70 bits per heavy atom. The van der Waals surface area contributed by atoms with E-state index in [0.29, 0.717) is 0 Å². The normalized spacial score (nSPS) is 15.0. The third-order valence-electron chi connectivity index (χ3n) is 5.10. The number of fused-ring (bicyclic) bond motifs is 4. The maximum absolute atomic E-state index is 6.17. The first-order valence-corrected chi connectivity index (χ1v) is 10.1. The van der Waals surface area contributed by atoms with E-state index < -0.39 is 0 Å². The molecule has 1 aliphatic heterocycles. The summed E-state index contributed by atoms with van der Waals surface area (Å²) in [5, 5.41) is 3.81. The Bertz CT molecular complexity index is 1250. The molecule has 5 rings (SSSR count). The summed E-state index contributed by atoms with van der Waals surface area (Å²) >= 11 is 1.83. The van der Waals surface area contributed by atoms with Crippen LogP contribution < -0.4 is 9.30 Å². The maximum atomic E-state index is 6.17. The Hall–Kier alpha value is -2.91. The van der Waals surface area contributed by atoms with Crippen molar-refractivity contribution in [2.75, 3.05) is 0 Å². The fraction of sp³-hybridized carbons (Fsp3) is 0.125. The molecule has 0 bridgehead atoms. The third-order valence-corrected chi connectivity index (χ3v) is 6.28. The van der Waals surface area contributed by atoms with Gasteiger partial charge < -0.3 is 4.74 Å². The standard InChI is InChI=1S/C24H20NOS/c1-3-25-21-13-12-17-8-4-5-10-20(17)24(21)27-23(25)15-18-14-16(2)19-9-6-7-11-22(19)26-18/h4-15H,3H2,1-2H3/q+1/b18-15+. The molecule has 1 aliphatic rings. The number of aryl methyl sites for hydroxylation is 1. The molecule has 2 nitrogen and oxygen atoms in total. The number of allylic oxidation sites excluding steroid dienone is 2. The van der Waals surface area contributed by atoms with Crippen molar-refractivity contribution in [3.63, 3.8) is 0 Å². The zero-order valence-electron chi connectivity index (χ0n) is 15.4. The second-order valence-electron chi connectivity index (χ2n) is 6.79. The summed E-state index contributed by atoms with van der Waals surface area (Å²) < 4.78 is 9.87. The van der Waals surface area contributed by atoms with Crippen molar-refractivity contribution in [2.45, 2.75) is 20.4 Å². The minimum Gasteiger partial charge on any atom is -0.456 e. The number of nitrogens with zero attached hydrogens (tertiary/aromatic N) is 1. The van der Waals surface area contributed by atoms with E-state index in [9.17, 15) is 0 Å². The summed E-state index contributed by atoms with van der Waals surface area (Å²) in [5.41, 5.74) is 3.68. The van der Waals surface area contributed by atoms with Crippen LogP contribution in [0.5, 0.6) is 5.75 Å². The van der Waals surface area contributed by atoms with Gasteiger partial charge in [-0.05, 0) is 43.0 Å². The number of hydrogen-bond acceptors (Lipinski definition) is 2. The number of ether oxygens (including phenoxy) is 1. The first-order valence-electron chi connectivity index (χ1n) is 9.26. The molecule has 132 valence electrons. The molecule has 0 saturated heterocycles. The minimum atomic E-state index is 0.893. The van der Waals surface area contributed by atoms with Crippen LogP contribution in [0.1, 0.15) is 24.4 Å². The molecule has 27 heavy (non-hydrogen) atoms. The number of thiazole rings is 1. The van der Waals surface area contributed by atoms with Crippen LogP contribution in [-0.4, -0.2) is 0 Å². The lowest BCUT2D eigenvalue weighted by molar-refractivity contribution is -0.665. The van der Waals surface area contributed by atoms with Gasteiger partial charge in [0.25, 0.3) is 5.01 Å². The number of para-hydroxylation sites is 1. The molecule has 0 atom stereocenters. The van der Waals surface area contributed by atoms with Crippen molar-refractivity contribution in [3.8, 4) is 5.75 Å². The van der Waals surface area contributed by atoms with Gasteiger partial charge in [-0.15, -0.1) is 0 Å². The van der Waals surface area contributed by atoms with Gasteiger partial charge in [0.15, 0.2) is 0 Å². The predicted molar refractivity (Wildman–Crippen MR) is 114 cm³/mol. The summed E-state index contributed by atoms with van der Waals surface area (Å²) in [6.07, 6.45) is 4.30. The summed E-state index contributed by atoms with van der Waals surface area (Å²) in [4.78, 5) is 0. The van der Waals surface area contributed by atoms with Gasteiger partial charge in [0.05, 0.1) is 6.08 Å². The van der Waals surface area contributed by atoms with Gasteiger partial charge in [-0.2, -0.15) is 4.57 Å². The van der Waals surface area contributed by atoms with Crippen molar-refractivity contribution < 1.29 is 9.30 Å². The molecule has 0 N–H and O–H groups in total. The van der Waals surface area contributed by atoms with Gasteiger partial charge in [-0.1, -0.05) is 53.8 Å². The van der Waals surface area contributed by atoms with Crippen LogP contribution >= 0.6 is 11.3 Å². The zero-order chi connectivity index (χ0) is 18.4. The second-order valence-corrected chi connectivity index (χ2v) is 7.82. The van der Waals surface area contributed by atoms with Gasteiger partial charge in [0.1, 0.15) is 22.8 Å². The summed E-state index contributed by atoms with van der Waals surface area (Å²) in [7, 11) is 0. The molecule has 0 amide bonds. The van der Waals surface area contributed by atoms with E-state index in [0.717, 1.165) is 18.1 Å². The molecular formula is C24H20NOS+. The lowest BCUT2D eigenvalue weighted by Gasteiger charge is -2.17. The monoisotopic (exact) mass is 370 g/mol.